The van der Waals surface area contributed by atoms with Crippen LogP contribution in [0.15, 0.2) is 45.6 Å². The van der Waals surface area contributed by atoms with Crippen LogP contribution in [0.4, 0.5) is 5.69 Å². The largest absolute Gasteiger partial charge is 0.296 e. The molecule has 0 saturated heterocycles. The average molecular weight is 318 g/mol. The summed E-state index contributed by atoms with van der Waals surface area (Å²) >= 11 is 0. The van der Waals surface area contributed by atoms with Crippen LogP contribution < -0.4 is 0 Å². The Bertz CT molecular complexity index is 900. The standard InChI is InChI=1S/C13H10N4O4S/c14-6-5-9(18)8-16-17-11-3-4-12(22(19,20)21)10-2-1-7-15-13(10)11/h1-4,7H,5,8H2,(H,19,20,21). The first kappa shape index (κ1) is 15.7. The molecule has 0 unspecified atom stereocenters. The lowest BCUT2D eigenvalue weighted by atomic mass is 10.2. The summed E-state index contributed by atoms with van der Waals surface area (Å²) < 4.78 is 31.9. The minimum Gasteiger partial charge on any atom is -0.296 e. The quantitative estimate of drug-likeness (QED) is 0.662. The Labute approximate surface area is 125 Å². The molecule has 0 aliphatic rings. The first-order valence-corrected chi connectivity index (χ1v) is 7.49. The number of rotatable bonds is 5. The van der Waals surface area contributed by atoms with E-state index in [4.69, 9.17) is 5.26 Å². The maximum absolute atomic E-state index is 11.3. The van der Waals surface area contributed by atoms with Gasteiger partial charge in [0.1, 0.15) is 17.1 Å². The number of Topliss-reactive ketones (excluding diaryl/α,β-unsaturated/α-hetero) is 1. The lowest BCUT2D eigenvalue weighted by Crippen LogP contribution is -2.00. The van der Waals surface area contributed by atoms with Crippen LogP contribution in [-0.2, 0) is 14.9 Å². The molecule has 0 atom stereocenters. The zero-order chi connectivity index (χ0) is 16.2. The third-order valence-corrected chi connectivity index (χ3v) is 3.60. The summed E-state index contributed by atoms with van der Waals surface area (Å²) in [6, 6.07) is 7.23. The Morgan fingerprint density at radius 1 is 1.36 bits per heavy atom. The predicted molar refractivity (Wildman–Crippen MR) is 76.2 cm³/mol. The lowest BCUT2D eigenvalue weighted by molar-refractivity contribution is -0.116. The van der Waals surface area contributed by atoms with Crippen LogP contribution in [0.5, 0.6) is 0 Å². The lowest BCUT2D eigenvalue weighted by Gasteiger charge is -2.04. The highest BCUT2D eigenvalue weighted by Crippen LogP contribution is 2.29. The molecule has 0 amide bonds. The van der Waals surface area contributed by atoms with Crippen LogP contribution in [0.2, 0.25) is 0 Å². The maximum Gasteiger partial charge on any atom is 0.295 e. The van der Waals surface area contributed by atoms with Gasteiger partial charge in [0.15, 0.2) is 5.78 Å². The maximum atomic E-state index is 11.3. The van der Waals surface area contributed by atoms with Crippen LogP contribution in [0, 0.1) is 11.3 Å². The second kappa shape index (κ2) is 6.38. The molecule has 0 bridgehead atoms. The topological polar surface area (TPSA) is 133 Å². The van der Waals surface area contributed by atoms with Gasteiger partial charge >= 0.3 is 0 Å². The average Bonchev–Trinajstić information content (AvgIpc) is 2.46. The minimum atomic E-state index is -4.39. The van der Waals surface area contributed by atoms with E-state index in [0.29, 0.717) is 0 Å². The molecule has 112 valence electrons. The summed E-state index contributed by atoms with van der Waals surface area (Å²) in [6.07, 6.45) is 1.19. The van der Waals surface area contributed by atoms with Crippen molar-refractivity contribution < 1.29 is 17.8 Å². The van der Waals surface area contributed by atoms with E-state index in [0.717, 1.165) is 0 Å². The van der Waals surface area contributed by atoms with Gasteiger partial charge in [-0.15, -0.1) is 0 Å². The van der Waals surface area contributed by atoms with E-state index in [-0.39, 0.29) is 40.2 Å². The summed E-state index contributed by atoms with van der Waals surface area (Å²) in [5.74, 6) is -0.377. The number of fused-ring (bicyclic) bond motifs is 1. The summed E-state index contributed by atoms with van der Waals surface area (Å²) in [7, 11) is -4.39. The normalized spacial score (nSPS) is 11.6. The molecule has 0 aliphatic carbocycles. The third kappa shape index (κ3) is 3.49. The molecular formula is C13H10N4O4S. The van der Waals surface area contributed by atoms with E-state index in [9.17, 15) is 17.8 Å². The highest BCUT2D eigenvalue weighted by molar-refractivity contribution is 7.86. The van der Waals surface area contributed by atoms with Gasteiger partial charge < -0.3 is 0 Å². The van der Waals surface area contributed by atoms with Crippen molar-refractivity contribution >= 4 is 32.5 Å². The van der Waals surface area contributed by atoms with Crippen molar-refractivity contribution in [3.05, 3.63) is 30.5 Å². The fourth-order valence-electron chi connectivity index (χ4n) is 1.77. The molecule has 1 heterocycles. The van der Waals surface area contributed by atoms with Crippen LogP contribution >= 0.6 is 0 Å². The van der Waals surface area contributed by atoms with Gasteiger partial charge in [-0.2, -0.15) is 23.9 Å². The van der Waals surface area contributed by atoms with Gasteiger partial charge in [0, 0.05) is 11.6 Å². The van der Waals surface area contributed by atoms with Gasteiger partial charge in [-0.3, -0.25) is 14.3 Å². The smallest absolute Gasteiger partial charge is 0.295 e. The van der Waals surface area contributed by atoms with Crippen LogP contribution in [0.25, 0.3) is 10.9 Å². The molecule has 0 radical (unpaired) electrons. The monoisotopic (exact) mass is 318 g/mol. The van der Waals surface area contributed by atoms with Crippen molar-refractivity contribution in [2.24, 2.45) is 10.2 Å². The zero-order valence-electron chi connectivity index (χ0n) is 11.2. The number of hydrogen-bond acceptors (Lipinski definition) is 7. The van der Waals surface area contributed by atoms with Crippen molar-refractivity contribution in [1.82, 2.24) is 4.98 Å². The second-order valence-electron chi connectivity index (χ2n) is 4.23. The zero-order valence-corrected chi connectivity index (χ0v) is 12.0. The van der Waals surface area contributed by atoms with Gasteiger partial charge in [0.25, 0.3) is 10.1 Å². The Kier molecular flexibility index (Phi) is 4.55. The minimum absolute atomic E-state index is 0.199. The number of aromatic nitrogens is 1. The Balaban J connectivity index is 2.44. The third-order valence-electron chi connectivity index (χ3n) is 2.69. The summed E-state index contributed by atoms with van der Waals surface area (Å²) in [6.45, 7) is -0.248. The number of benzene rings is 1. The van der Waals surface area contributed by atoms with E-state index in [1.165, 1.54) is 30.5 Å². The van der Waals surface area contributed by atoms with E-state index >= 15 is 0 Å². The van der Waals surface area contributed by atoms with E-state index < -0.39 is 10.1 Å². The molecule has 9 heteroatoms. The Morgan fingerprint density at radius 3 is 2.82 bits per heavy atom. The molecule has 0 fully saturated rings. The van der Waals surface area contributed by atoms with Gasteiger partial charge in [0.2, 0.25) is 0 Å². The number of azo groups is 1. The van der Waals surface area contributed by atoms with Gasteiger partial charge in [0.05, 0.1) is 18.0 Å². The van der Waals surface area contributed by atoms with E-state index in [2.05, 4.69) is 15.2 Å². The molecule has 0 spiro atoms. The van der Waals surface area contributed by atoms with Crippen LogP contribution in [0.3, 0.4) is 0 Å². The number of carbonyl (C=O) groups is 1. The molecule has 1 N–H and O–H groups in total. The van der Waals surface area contributed by atoms with Gasteiger partial charge in [-0.1, -0.05) is 0 Å². The summed E-state index contributed by atoms with van der Waals surface area (Å²) in [5.41, 5.74) is 0.488. The molecule has 0 aliphatic heterocycles. The highest BCUT2D eigenvalue weighted by Gasteiger charge is 2.16. The van der Waals surface area contributed by atoms with Gasteiger partial charge in [-0.05, 0) is 24.3 Å². The van der Waals surface area contributed by atoms with Crippen molar-refractivity contribution in [3.8, 4) is 6.07 Å². The molecule has 1 aromatic carbocycles. The molecule has 1 aromatic heterocycles. The summed E-state index contributed by atoms with van der Waals surface area (Å²) in [5, 5.41) is 16.1. The van der Waals surface area contributed by atoms with E-state index in [1.54, 1.807) is 6.07 Å². The van der Waals surface area contributed by atoms with Crippen molar-refractivity contribution in [3.63, 3.8) is 0 Å². The van der Waals surface area contributed by atoms with Gasteiger partial charge in [-0.25, -0.2) is 0 Å². The van der Waals surface area contributed by atoms with Crippen molar-refractivity contribution in [2.45, 2.75) is 11.3 Å². The Morgan fingerprint density at radius 2 is 2.14 bits per heavy atom. The fourth-order valence-corrected chi connectivity index (χ4v) is 2.45. The number of hydrogen-bond donors (Lipinski definition) is 1. The van der Waals surface area contributed by atoms with E-state index in [1.807, 2.05) is 0 Å². The predicted octanol–water partition coefficient (Wildman–Crippen LogP) is 2.05. The van der Waals surface area contributed by atoms with Crippen molar-refractivity contribution in [2.75, 3.05) is 6.54 Å². The summed E-state index contributed by atoms with van der Waals surface area (Å²) in [4.78, 5) is 14.9. The SMILES string of the molecule is N#CCC(=O)CN=Nc1ccc(S(=O)(=O)O)c2cccnc12. The number of nitriles is 1. The molecule has 2 aromatic rings. The molecule has 0 saturated carbocycles. The molecule has 8 nitrogen and oxygen atoms in total. The van der Waals surface area contributed by atoms with Crippen LogP contribution in [0.1, 0.15) is 6.42 Å². The molecule has 22 heavy (non-hydrogen) atoms. The number of ketones is 1. The first-order chi connectivity index (χ1) is 10.4. The highest BCUT2D eigenvalue weighted by atomic mass is 32.2. The number of carbonyl (C=O) groups excluding carboxylic acids is 1. The number of pyridine rings is 1. The molecule has 2 rings (SSSR count). The molecular weight excluding hydrogens is 308 g/mol. The Hall–Kier alpha value is -2.70. The van der Waals surface area contributed by atoms with Crippen molar-refractivity contribution in [1.29, 1.82) is 5.26 Å². The second-order valence-corrected chi connectivity index (χ2v) is 5.62. The first-order valence-electron chi connectivity index (χ1n) is 6.05. The fraction of sp³-hybridized carbons (Fsp3) is 0.154. The van der Waals surface area contributed by atoms with Crippen LogP contribution in [-0.4, -0.2) is 30.3 Å². The number of nitrogens with zero attached hydrogens (tertiary/aromatic N) is 4.